The van der Waals surface area contributed by atoms with Gasteiger partial charge < -0.3 is 9.45 Å². The van der Waals surface area contributed by atoms with Crippen LogP contribution in [0.4, 0.5) is 5.69 Å². The first-order chi connectivity index (χ1) is 12.6. The van der Waals surface area contributed by atoms with Crippen molar-refractivity contribution in [2.75, 3.05) is 18.0 Å². The average molecular weight is 369 g/mol. The van der Waals surface area contributed by atoms with E-state index in [0.29, 0.717) is 10.9 Å². The molecule has 2 heterocycles. The van der Waals surface area contributed by atoms with Gasteiger partial charge in [-0.2, -0.15) is 4.98 Å². The largest absolute Gasteiger partial charge is 0.609 e. The molecule has 0 radical (unpaired) electrons. The van der Waals surface area contributed by atoms with Crippen molar-refractivity contribution in [3.63, 3.8) is 0 Å². The van der Waals surface area contributed by atoms with Gasteiger partial charge in [0.2, 0.25) is 0 Å². The van der Waals surface area contributed by atoms with E-state index in [-0.39, 0.29) is 0 Å². The zero-order chi connectivity index (χ0) is 18.5. The van der Waals surface area contributed by atoms with Crippen LogP contribution in [0.25, 0.3) is 5.82 Å². The van der Waals surface area contributed by atoms with Crippen molar-refractivity contribution in [1.82, 2.24) is 14.5 Å². The highest BCUT2D eigenvalue weighted by Gasteiger charge is 2.22. The number of pyridine rings is 1. The van der Waals surface area contributed by atoms with Crippen molar-refractivity contribution in [1.29, 1.82) is 0 Å². The maximum absolute atomic E-state index is 13.1. The first-order valence-corrected chi connectivity index (χ1v) is 10.1. The Morgan fingerprint density at radius 1 is 1.08 bits per heavy atom. The van der Waals surface area contributed by atoms with E-state index >= 15 is 0 Å². The van der Waals surface area contributed by atoms with Crippen LogP contribution in [0.5, 0.6) is 0 Å². The molecule has 0 fully saturated rings. The van der Waals surface area contributed by atoms with Crippen molar-refractivity contribution >= 4 is 16.9 Å². The van der Waals surface area contributed by atoms with Gasteiger partial charge >= 0.3 is 5.16 Å². The van der Waals surface area contributed by atoms with E-state index in [4.69, 9.17) is 0 Å². The van der Waals surface area contributed by atoms with E-state index in [1.165, 1.54) is 0 Å². The van der Waals surface area contributed by atoms with E-state index in [0.717, 1.165) is 35.7 Å². The summed E-state index contributed by atoms with van der Waals surface area (Å²) >= 11 is -1.27. The van der Waals surface area contributed by atoms with Gasteiger partial charge in [-0.1, -0.05) is 18.2 Å². The van der Waals surface area contributed by atoms with E-state index in [2.05, 4.69) is 34.8 Å². The van der Waals surface area contributed by atoms with Gasteiger partial charge in [0.15, 0.2) is 0 Å². The van der Waals surface area contributed by atoms with Gasteiger partial charge in [0.1, 0.15) is 11.6 Å². The Balaban J connectivity index is 1.89. The van der Waals surface area contributed by atoms with Gasteiger partial charge in [-0.3, -0.25) is 0 Å². The van der Waals surface area contributed by atoms with E-state index in [1.807, 2.05) is 48.0 Å². The van der Waals surface area contributed by atoms with E-state index in [9.17, 15) is 4.55 Å². The predicted octanol–water partition coefficient (Wildman–Crippen LogP) is 3.73. The van der Waals surface area contributed by atoms with Crippen LogP contribution in [-0.4, -0.2) is 32.2 Å². The van der Waals surface area contributed by atoms with E-state index < -0.39 is 11.2 Å². The minimum atomic E-state index is -1.27. The molecule has 136 valence electrons. The summed E-state index contributed by atoms with van der Waals surface area (Å²) in [4.78, 5) is 11.0. The lowest BCUT2D eigenvalue weighted by molar-refractivity contribution is 0.581. The zero-order valence-electron chi connectivity index (χ0n) is 15.4. The van der Waals surface area contributed by atoms with Gasteiger partial charge in [-0.25, -0.2) is 9.55 Å². The number of anilines is 1. The molecule has 0 N–H and O–H groups in total. The van der Waals surface area contributed by atoms with Crippen molar-refractivity contribution in [2.24, 2.45) is 0 Å². The monoisotopic (exact) mass is 368 g/mol. The summed E-state index contributed by atoms with van der Waals surface area (Å²) in [7, 11) is 0. The van der Waals surface area contributed by atoms with Crippen molar-refractivity contribution in [2.45, 2.75) is 31.7 Å². The lowest BCUT2D eigenvalue weighted by Gasteiger charge is -2.24. The fourth-order valence-electron chi connectivity index (χ4n) is 3.00. The van der Waals surface area contributed by atoms with E-state index in [1.54, 1.807) is 12.4 Å². The second kappa shape index (κ2) is 8.38. The fraction of sp³-hybridized carbons (Fsp3) is 0.300. The smallest absolute Gasteiger partial charge is 0.329 e. The molecule has 0 aliphatic carbocycles. The maximum atomic E-state index is 13.1. The Hall–Kier alpha value is -2.31. The van der Waals surface area contributed by atoms with Gasteiger partial charge in [0.05, 0.1) is 6.20 Å². The van der Waals surface area contributed by atoms with Crippen LogP contribution in [0.2, 0.25) is 0 Å². The summed E-state index contributed by atoms with van der Waals surface area (Å²) in [6, 6.07) is 12.1. The average Bonchev–Trinajstić information content (AvgIpc) is 3.14. The van der Waals surface area contributed by atoms with Crippen molar-refractivity contribution in [3.05, 3.63) is 66.1 Å². The number of hydrogen-bond donors (Lipinski definition) is 0. The lowest BCUT2D eigenvalue weighted by atomic mass is 10.2. The van der Waals surface area contributed by atoms with Crippen LogP contribution in [-0.2, 0) is 16.9 Å². The second-order valence-corrected chi connectivity index (χ2v) is 7.41. The molecule has 3 aromatic rings. The van der Waals surface area contributed by atoms with Crippen molar-refractivity contribution < 1.29 is 4.55 Å². The molecule has 6 heteroatoms. The van der Waals surface area contributed by atoms with Crippen LogP contribution in [0.1, 0.15) is 25.0 Å². The molecule has 5 nitrogen and oxygen atoms in total. The summed E-state index contributed by atoms with van der Waals surface area (Å²) in [6.07, 6.45) is 5.24. The third kappa shape index (κ3) is 3.92. The first-order valence-electron chi connectivity index (χ1n) is 8.81. The third-order valence-electron chi connectivity index (χ3n) is 4.34. The Morgan fingerprint density at radius 2 is 1.85 bits per heavy atom. The third-order valence-corrected chi connectivity index (χ3v) is 5.62. The van der Waals surface area contributed by atoms with Gasteiger partial charge in [-0.15, -0.1) is 0 Å². The Bertz CT molecular complexity index is 860. The van der Waals surface area contributed by atoms with Gasteiger partial charge in [0.25, 0.3) is 0 Å². The number of aromatic nitrogens is 3. The summed E-state index contributed by atoms with van der Waals surface area (Å²) in [6.45, 7) is 8.11. The fourth-order valence-corrected chi connectivity index (χ4v) is 4.20. The maximum Gasteiger partial charge on any atom is 0.329 e. The molecular weight excluding hydrogens is 344 g/mol. The molecule has 3 rings (SSSR count). The van der Waals surface area contributed by atoms with Crippen LogP contribution >= 0.6 is 0 Å². The minimum absolute atomic E-state index is 0.426. The molecular formula is C20H24N4OS. The number of nitrogens with zero attached hydrogens (tertiary/aromatic N) is 4. The molecule has 1 atom stereocenters. The number of aryl methyl sites for hydroxylation is 1. The van der Waals surface area contributed by atoms with Gasteiger partial charge in [0, 0.05) is 47.9 Å². The molecule has 1 aromatic carbocycles. The summed E-state index contributed by atoms with van der Waals surface area (Å²) in [5.74, 6) is 1.16. The van der Waals surface area contributed by atoms with Gasteiger partial charge in [-0.05, 0) is 44.5 Å². The molecule has 0 bridgehead atoms. The van der Waals surface area contributed by atoms with Crippen LogP contribution in [0.3, 0.4) is 0 Å². The Kier molecular flexibility index (Phi) is 5.96. The molecule has 2 aromatic heterocycles. The highest BCUT2D eigenvalue weighted by atomic mass is 32.2. The van der Waals surface area contributed by atoms with Crippen LogP contribution in [0.15, 0.2) is 60.1 Å². The number of imidazole rings is 1. The molecule has 0 spiro atoms. The van der Waals surface area contributed by atoms with Crippen LogP contribution in [0, 0.1) is 6.92 Å². The number of para-hydroxylation sites is 1. The first kappa shape index (κ1) is 18.5. The summed E-state index contributed by atoms with van der Waals surface area (Å²) in [5, 5.41) is 0.525. The standard InChI is InChI=1S/C20H24N4OS/c1-4-23(5-2)18-9-7-6-8-17(18)15-26(25)20-22-12-13-24(20)19-14-16(3)10-11-21-19/h6-14H,4-5,15H2,1-3H3. The summed E-state index contributed by atoms with van der Waals surface area (Å²) < 4.78 is 14.9. The molecule has 0 amide bonds. The normalized spacial score (nSPS) is 12.2. The molecule has 0 saturated carbocycles. The highest BCUT2D eigenvalue weighted by molar-refractivity contribution is 7.90. The topological polar surface area (TPSA) is 57.0 Å². The lowest BCUT2D eigenvalue weighted by Crippen LogP contribution is -2.24. The molecule has 0 saturated heterocycles. The predicted molar refractivity (Wildman–Crippen MR) is 106 cm³/mol. The zero-order valence-corrected chi connectivity index (χ0v) is 16.2. The SMILES string of the molecule is CCN(CC)c1ccccc1C[S+]([O-])c1nccn1-c1cc(C)ccn1. The van der Waals surface area contributed by atoms with Crippen molar-refractivity contribution in [3.8, 4) is 5.82 Å². The second-order valence-electron chi connectivity index (χ2n) is 6.06. The quantitative estimate of drug-likeness (QED) is 0.596. The number of hydrogen-bond acceptors (Lipinski definition) is 4. The Labute approximate surface area is 157 Å². The Morgan fingerprint density at radius 3 is 2.58 bits per heavy atom. The molecule has 26 heavy (non-hydrogen) atoms. The molecule has 1 unspecified atom stereocenters. The molecule has 0 aliphatic rings. The minimum Gasteiger partial charge on any atom is -0.609 e. The summed E-state index contributed by atoms with van der Waals surface area (Å²) in [5.41, 5.74) is 3.31. The molecule has 0 aliphatic heterocycles. The highest BCUT2D eigenvalue weighted by Crippen LogP contribution is 2.25. The number of benzene rings is 1. The van der Waals surface area contributed by atoms with Crippen LogP contribution < -0.4 is 4.90 Å². The number of rotatable bonds is 7.